The van der Waals surface area contributed by atoms with E-state index in [1.807, 2.05) is 6.07 Å². The number of rotatable bonds is 18. The van der Waals surface area contributed by atoms with E-state index in [0.29, 0.717) is 19.5 Å². The van der Waals surface area contributed by atoms with E-state index in [1.165, 1.54) is 81.4 Å². The summed E-state index contributed by atoms with van der Waals surface area (Å²) >= 11 is -1.94. The van der Waals surface area contributed by atoms with E-state index in [2.05, 4.69) is 6.92 Å². The SMILES string of the molecule is CCCCCCCCCCCCCCCCN(CCC#N)S(=O)O. The molecule has 0 aromatic heterocycles. The molecule has 0 aliphatic heterocycles. The van der Waals surface area contributed by atoms with Crippen LogP contribution in [0.25, 0.3) is 0 Å². The third-order valence-corrected chi connectivity index (χ3v) is 5.26. The van der Waals surface area contributed by atoms with Crippen LogP contribution in [0.1, 0.15) is 103 Å². The van der Waals surface area contributed by atoms with Gasteiger partial charge in [-0.05, 0) is 6.42 Å². The quantitative estimate of drug-likeness (QED) is 0.248. The molecular weight excluding hydrogens is 320 g/mol. The van der Waals surface area contributed by atoms with Gasteiger partial charge in [0, 0.05) is 19.5 Å². The minimum absolute atomic E-state index is 0.310. The van der Waals surface area contributed by atoms with Gasteiger partial charge in [0.25, 0.3) is 0 Å². The molecule has 1 N–H and O–H groups in total. The van der Waals surface area contributed by atoms with Crippen LogP contribution in [0.15, 0.2) is 0 Å². The molecule has 0 spiro atoms. The fourth-order valence-corrected chi connectivity index (χ4v) is 3.46. The number of nitriles is 1. The van der Waals surface area contributed by atoms with E-state index in [0.717, 1.165) is 12.8 Å². The average Bonchev–Trinajstić information content (AvgIpc) is 2.57. The first kappa shape index (κ1) is 23.6. The van der Waals surface area contributed by atoms with Crippen molar-refractivity contribution in [3.63, 3.8) is 0 Å². The lowest BCUT2D eigenvalue weighted by atomic mass is 10.0. The van der Waals surface area contributed by atoms with Crippen molar-refractivity contribution < 1.29 is 8.76 Å². The Morgan fingerprint density at radius 3 is 1.58 bits per heavy atom. The van der Waals surface area contributed by atoms with Gasteiger partial charge in [0.15, 0.2) is 0 Å². The third kappa shape index (κ3) is 16.4. The Morgan fingerprint density at radius 1 is 0.792 bits per heavy atom. The highest BCUT2D eigenvalue weighted by Crippen LogP contribution is 2.13. The van der Waals surface area contributed by atoms with Gasteiger partial charge in [0.2, 0.25) is 11.3 Å². The summed E-state index contributed by atoms with van der Waals surface area (Å²) in [6, 6.07) is 2.02. The number of hydrogen-bond donors (Lipinski definition) is 1. The highest BCUT2D eigenvalue weighted by atomic mass is 32.2. The van der Waals surface area contributed by atoms with E-state index < -0.39 is 11.3 Å². The van der Waals surface area contributed by atoms with Gasteiger partial charge in [0.1, 0.15) is 0 Å². The van der Waals surface area contributed by atoms with E-state index in [1.54, 1.807) is 0 Å². The summed E-state index contributed by atoms with van der Waals surface area (Å²) in [5, 5.41) is 8.53. The van der Waals surface area contributed by atoms with Crippen molar-refractivity contribution in [2.45, 2.75) is 103 Å². The standard InChI is InChI=1S/C19H38N2O2S/c1-2-3-4-5-6-7-8-9-10-11-12-13-14-15-18-21(24(22)23)19-16-17-20/h2-16,18-19H2,1H3,(H,22,23). The van der Waals surface area contributed by atoms with Crippen molar-refractivity contribution in [2.24, 2.45) is 0 Å². The Bertz CT molecular complexity index is 332. The summed E-state index contributed by atoms with van der Waals surface area (Å²) in [5.74, 6) is 0. The summed E-state index contributed by atoms with van der Waals surface area (Å²) < 4.78 is 21.7. The summed E-state index contributed by atoms with van der Waals surface area (Å²) in [6.07, 6.45) is 18.6. The smallest absolute Gasteiger partial charge is 0.234 e. The van der Waals surface area contributed by atoms with Gasteiger partial charge in [-0.2, -0.15) is 5.26 Å². The zero-order valence-corrected chi connectivity index (χ0v) is 16.5. The molecule has 0 fully saturated rings. The van der Waals surface area contributed by atoms with Crippen LogP contribution in [0.2, 0.25) is 0 Å². The fraction of sp³-hybridized carbons (Fsp3) is 0.947. The van der Waals surface area contributed by atoms with Crippen LogP contribution in [0.4, 0.5) is 0 Å². The van der Waals surface area contributed by atoms with Crippen molar-refractivity contribution in [2.75, 3.05) is 13.1 Å². The summed E-state index contributed by atoms with van der Waals surface area (Å²) in [7, 11) is 0. The van der Waals surface area contributed by atoms with Crippen LogP contribution in [0.3, 0.4) is 0 Å². The zero-order chi connectivity index (χ0) is 17.9. The Labute approximate surface area is 152 Å². The first-order valence-corrected chi connectivity index (χ1v) is 11.0. The number of nitrogens with zero attached hydrogens (tertiary/aromatic N) is 2. The minimum atomic E-state index is -1.94. The summed E-state index contributed by atoms with van der Waals surface area (Å²) in [5.41, 5.74) is 0. The largest absolute Gasteiger partial charge is 0.294 e. The van der Waals surface area contributed by atoms with Crippen LogP contribution in [-0.4, -0.2) is 26.2 Å². The van der Waals surface area contributed by atoms with Crippen molar-refractivity contribution in [1.29, 1.82) is 5.26 Å². The van der Waals surface area contributed by atoms with Gasteiger partial charge in [-0.15, -0.1) is 0 Å². The highest BCUT2D eigenvalue weighted by molar-refractivity contribution is 7.76. The fourth-order valence-electron chi connectivity index (χ4n) is 2.93. The molecule has 0 rings (SSSR count). The second-order valence-electron chi connectivity index (χ2n) is 6.66. The van der Waals surface area contributed by atoms with Gasteiger partial charge < -0.3 is 0 Å². The maximum atomic E-state index is 11.1. The van der Waals surface area contributed by atoms with Crippen molar-refractivity contribution in [1.82, 2.24) is 4.31 Å². The van der Waals surface area contributed by atoms with Crippen LogP contribution < -0.4 is 0 Å². The molecule has 0 saturated heterocycles. The summed E-state index contributed by atoms with van der Waals surface area (Å²) in [6.45, 7) is 3.26. The molecule has 0 aliphatic carbocycles. The maximum Gasteiger partial charge on any atom is 0.234 e. The summed E-state index contributed by atoms with van der Waals surface area (Å²) in [4.78, 5) is 0. The highest BCUT2D eigenvalue weighted by Gasteiger charge is 2.09. The van der Waals surface area contributed by atoms with Gasteiger partial charge in [0.05, 0.1) is 6.07 Å². The molecule has 1 unspecified atom stereocenters. The molecule has 0 aromatic rings. The van der Waals surface area contributed by atoms with Crippen LogP contribution in [0.5, 0.6) is 0 Å². The Balaban J connectivity index is 3.27. The van der Waals surface area contributed by atoms with Gasteiger partial charge in [-0.1, -0.05) is 90.4 Å². The molecule has 0 radical (unpaired) electrons. The molecule has 0 bridgehead atoms. The molecule has 5 heteroatoms. The minimum Gasteiger partial charge on any atom is -0.294 e. The molecule has 0 amide bonds. The van der Waals surface area contributed by atoms with Gasteiger partial charge in [-0.25, -0.2) is 8.51 Å². The Hall–Kier alpha value is -0.440. The van der Waals surface area contributed by atoms with Gasteiger partial charge >= 0.3 is 0 Å². The molecule has 1 atom stereocenters. The van der Waals surface area contributed by atoms with Crippen molar-refractivity contribution in [3.8, 4) is 6.07 Å². The maximum absolute atomic E-state index is 11.1. The average molecular weight is 359 g/mol. The lowest BCUT2D eigenvalue weighted by molar-refractivity contribution is 0.389. The molecule has 0 aromatic carbocycles. The lowest BCUT2D eigenvalue weighted by Crippen LogP contribution is -2.27. The number of hydrogen-bond acceptors (Lipinski definition) is 2. The number of unbranched alkanes of at least 4 members (excludes halogenated alkanes) is 13. The topological polar surface area (TPSA) is 64.3 Å². The molecular formula is C19H38N2O2S. The molecule has 24 heavy (non-hydrogen) atoms. The monoisotopic (exact) mass is 358 g/mol. The van der Waals surface area contributed by atoms with Crippen LogP contribution >= 0.6 is 0 Å². The molecule has 142 valence electrons. The predicted octanol–water partition coefficient (Wildman–Crippen LogP) is 5.82. The lowest BCUT2D eigenvalue weighted by Gasteiger charge is -2.15. The van der Waals surface area contributed by atoms with E-state index >= 15 is 0 Å². The molecule has 0 saturated carbocycles. The van der Waals surface area contributed by atoms with E-state index in [4.69, 9.17) is 9.81 Å². The first-order valence-electron chi connectivity index (χ1n) is 9.95. The molecule has 0 aliphatic rings. The predicted molar refractivity (Wildman–Crippen MR) is 103 cm³/mol. The molecule has 0 heterocycles. The van der Waals surface area contributed by atoms with E-state index in [-0.39, 0.29) is 0 Å². The van der Waals surface area contributed by atoms with Crippen LogP contribution in [0, 0.1) is 11.3 Å². The third-order valence-electron chi connectivity index (χ3n) is 4.45. The molecule has 4 nitrogen and oxygen atoms in total. The first-order chi connectivity index (χ1) is 11.7. The van der Waals surface area contributed by atoms with Gasteiger partial charge in [-0.3, -0.25) is 4.55 Å². The van der Waals surface area contributed by atoms with E-state index in [9.17, 15) is 4.21 Å². The second-order valence-corrected chi connectivity index (χ2v) is 7.64. The van der Waals surface area contributed by atoms with Crippen molar-refractivity contribution >= 4 is 11.3 Å². The normalized spacial score (nSPS) is 12.4. The second kappa shape index (κ2) is 18.9. The van der Waals surface area contributed by atoms with Crippen LogP contribution in [-0.2, 0) is 11.3 Å². The van der Waals surface area contributed by atoms with Crippen molar-refractivity contribution in [3.05, 3.63) is 0 Å². The zero-order valence-electron chi connectivity index (χ0n) is 15.7. The Kier molecular flexibility index (Phi) is 18.5. The Morgan fingerprint density at radius 2 is 1.21 bits per heavy atom.